The first-order valence-electron chi connectivity index (χ1n) is 7.86. The standard InChI is InChI=1S/C19H19BrO5/c1-4-23-18(21)13-6-5-7-15(10-13)25-19(22)16-11-14(20)8-9-17(16)24-12(2)3/h5-12H,4H2,1-3H3. The molecular weight excluding hydrogens is 388 g/mol. The number of benzene rings is 2. The number of carbonyl (C=O) groups is 2. The van der Waals surface area contributed by atoms with E-state index in [0.717, 1.165) is 4.47 Å². The van der Waals surface area contributed by atoms with Crippen LogP contribution in [0.25, 0.3) is 0 Å². The summed E-state index contributed by atoms with van der Waals surface area (Å²) in [6, 6.07) is 11.4. The molecular formula is C19H19BrO5. The molecule has 0 heterocycles. The minimum atomic E-state index is -0.571. The number of hydrogen-bond donors (Lipinski definition) is 0. The highest BCUT2D eigenvalue weighted by Crippen LogP contribution is 2.26. The van der Waals surface area contributed by atoms with Gasteiger partial charge in [-0.3, -0.25) is 0 Å². The maximum absolute atomic E-state index is 12.5. The summed E-state index contributed by atoms with van der Waals surface area (Å²) >= 11 is 3.34. The normalized spacial score (nSPS) is 10.4. The van der Waals surface area contributed by atoms with Crippen molar-refractivity contribution in [1.82, 2.24) is 0 Å². The number of halogens is 1. The minimum absolute atomic E-state index is 0.0835. The highest BCUT2D eigenvalue weighted by Gasteiger charge is 2.17. The van der Waals surface area contributed by atoms with Crippen LogP contribution in [-0.4, -0.2) is 24.6 Å². The zero-order chi connectivity index (χ0) is 18.4. The summed E-state index contributed by atoms with van der Waals surface area (Å²) in [4.78, 5) is 24.3. The SMILES string of the molecule is CCOC(=O)c1cccc(OC(=O)c2cc(Br)ccc2OC(C)C)c1. The fourth-order valence-corrected chi connectivity index (χ4v) is 2.44. The first-order valence-corrected chi connectivity index (χ1v) is 8.65. The van der Waals surface area contributed by atoms with Crippen molar-refractivity contribution in [3.8, 4) is 11.5 Å². The molecule has 0 amide bonds. The summed E-state index contributed by atoms with van der Waals surface area (Å²) in [6.45, 7) is 5.75. The van der Waals surface area contributed by atoms with E-state index < -0.39 is 11.9 Å². The van der Waals surface area contributed by atoms with Gasteiger partial charge in [-0.15, -0.1) is 0 Å². The summed E-state index contributed by atoms with van der Waals surface area (Å²) < 4.78 is 16.7. The molecule has 0 atom stereocenters. The van der Waals surface area contributed by atoms with Gasteiger partial charge in [0.1, 0.15) is 17.1 Å². The largest absolute Gasteiger partial charge is 0.490 e. The van der Waals surface area contributed by atoms with Crippen molar-refractivity contribution in [3.63, 3.8) is 0 Å². The van der Waals surface area contributed by atoms with Gasteiger partial charge >= 0.3 is 11.9 Å². The molecule has 2 aromatic rings. The molecule has 0 aliphatic rings. The first-order chi connectivity index (χ1) is 11.9. The van der Waals surface area contributed by atoms with Crippen LogP contribution in [-0.2, 0) is 4.74 Å². The quantitative estimate of drug-likeness (QED) is 0.516. The predicted molar refractivity (Wildman–Crippen MR) is 97.3 cm³/mol. The maximum Gasteiger partial charge on any atom is 0.347 e. The van der Waals surface area contributed by atoms with Crippen molar-refractivity contribution in [2.45, 2.75) is 26.9 Å². The highest BCUT2D eigenvalue weighted by molar-refractivity contribution is 9.10. The number of carbonyl (C=O) groups excluding carboxylic acids is 2. The third kappa shape index (κ3) is 5.32. The summed E-state index contributed by atoms with van der Waals surface area (Å²) in [6.07, 6.45) is -0.0835. The van der Waals surface area contributed by atoms with Crippen molar-refractivity contribution >= 4 is 27.9 Å². The van der Waals surface area contributed by atoms with Gasteiger partial charge in [0.2, 0.25) is 0 Å². The number of esters is 2. The van der Waals surface area contributed by atoms with E-state index in [-0.39, 0.29) is 18.5 Å². The summed E-state index contributed by atoms with van der Waals surface area (Å²) in [5.74, 6) is -0.347. The van der Waals surface area contributed by atoms with Gasteiger partial charge in [-0.25, -0.2) is 9.59 Å². The lowest BCUT2D eigenvalue weighted by Gasteiger charge is -2.14. The molecule has 6 heteroatoms. The van der Waals surface area contributed by atoms with Crippen LogP contribution in [0.2, 0.25) is 0 Å². The van der Waals surface area contributed by atoms with Crippen LogP contribution in [0, 0.1) is 0 Å². The second kappa shape index (κ2) is 8.67. The average Bonchev–Trinajstić information content (AvgIpc) is 2.56. The molecule has 0 bridgehead atoms. The minimum Gasteiger partial charge on any atom is -0.490 e. The zero-order valence-electron chi connectivity index (χ0n) is 14.2. The van der Waals surface area contributed by atoms with Crippen LogP contribution >= 0.6 is 15.9 Å². The lowest BCUT2D eigenvalue weighted by atomic mass is 10.2. The third-order valence-electron chi connectivity index (χ3n) is 3.08. The van der Waals surface area contributed by atoms with Gasteiger partial charge in [0, 0.05) is 4.47 Å². The van der Waals surface area contributed by atoms with Crippen LogP contribution in [0.1, 0.15) is 41.5 Å². The fraction of sp³-hybridized carbons (Fsp3) is 0.263. The van der Waals surface area contributed by atoms with E-state index in [9.17, 15) is 9.59 Å². The molecule has 5 nitrogen and oxygen atoms in total. The Balaban J connectivity index is 2.24. The van der Waals surface area contributed by atoms with Gasteiger partial charge in [-0.2, -0.15) is 0 Å². The molecule has 0 N–H and O–H groups in total. The molecule has 0 aliphatic carbocycles. The molecule has 0 saturated heterocycles. The van der Waals surface area contributed by atoms with Gasteiger partial charge in [-0.05, 0) is 57.2 Å². The Morgan fingerprint density at radius 1 is 1.08 bits per heavy atom. The maximum atomic E-state index is 12.5. The van der Waals surface area contributed by atoms with E-state index in [1.165, 1.54) is 6.07 Å². The third-order valence-corrected chi connectivity index (χ3v) is 3.57. The molecule has 0 aliphatic heterocycles. The monoisotopic (exact) mass is 406 g/mol. The van der Waals surface area contributed by atoms with Crippen LogP contribution < -0.4 is 9.47 Å². The van der Waals surface area contributed by atoms with Crippen molar-refractivity contribution in [2.75, 3.05) is 6.61 Å². The van der Waals surface area contributed by atoms with E-state index in [1.807, 2.05) is 13.8 Å². The molecule has 0 radical (unpaired) electrons. The molecule has 0 unspecified atom stereocenters. The number of ether oxygens (including phenoxy) is 3. The number of rotatable bonds is 6. The van der Waals surface area contributed by atoms with Crippen LogP contribution in [0.15, 0.2) is 46.9 Å². The Hall–Kier alpha value is -2.34. The molecule has 2 rings (SSSR count). The average molecular weight is 407 g/mol. The molecule has 2 aromatic carbocycles. The van der Waals surface area contributed by atoms with E-state index in [4.69, 9.17) is 14.2 Å². The zero-order valence-corrected chi connectivity index (χ0v) is 15.8. The van der Waals surface area contributed by atoms with E-state index in [1.54, 1.807) is 43.3 Å². The van der Waals surface area contributed by atoms with Crippen molar-refractivity contribution < 1.29 is 23.8 Å². The van der Waals surface area contributed by atoms with Crippen molar-refractivity contribution in [1.29, 1.82) is 0 Å². The lowest BCUT2D eigenvalue weighted by Crippen LogP contribution is -2.14. The van der Waals surface area contributed by atoms with Gasteiger partial charge in [0.05, 0.1) is 18.3 Å². The molecule has 0 saturated carbocycles. The smallest absolute Gasteiger partial charge is 0.347 e. The second-order valence-electron chi connectivity index (χ2n) is 5.44. The Kier molecular flexibility index (Phi) is 6.58. The second-order valence-corrected chi connectivity index (χ2v) is 6.36. The lowest BCUT2D eigenvalue weighted by molar-refractivity contribution is 0.0524. The number of hydrogen-bond acceptors (Lipinski definition) is 5. The van der Waals surface area contributed by atoms with Gasteiger partial charge in [-0.1, -0.05) is 22.0 Å². The van der Waals surface area contributed by atoms with Crippen molar-refractivity contribution in [2.24, 2.45) is 0 Å². The Morgan fingerprint density at radius 3 is 2.52 bits per heavy atom. The van der Waals surface area contributed by atoms with E-state index in [2.05, 4.69) is 15.9 Å². The van der Waals surface area contributed by atoms with E-state index in [0.29, 0.717) is 16.9 Å². The van der Waals surface area contributed by atoms with Gasteiger partial charge in [0.15, 0.2) is 0 Å². The van der Waals surface area contributed by atoms with Gasteiger partial charge in [0.25, 0.3) is 0 Å². The summed E-state index contributed by atoms with van der Waals surface area (Å²) in [5.41, 5.74) is 0.615. The fourth-order valence-electron chi connectivity index (χ4n) is 2.08. The van der Waals surface area contributed by atoms with Crippen molar-refractivity contribution in [3.05, 3.63) is 58.1 Å². The molecule has 0 spiro atoms. The van der Waals surface area contributed by atoms with E-state index >= 15 is 0 Å². The first kappa shape index (κ1) is 19.0. The van der Waals surface area contributed by atoms with Crippen LogP contribution in [0.4, 0.5) is 0 Å². The molecule has 0 aromatic heterocycles. The topological polar surface area (TPSA) is 61.8 Å². The highest BCUT2D eigenvalue weighted by atomic mass is 79.9. The van der Waals surface area contributed by atoms with Crippen LogP contribution in [0.3, 0.4) is 0 Å². The Morgan fingerprint density at radius 2 is 1.84 bits per heavy atom. The van der Waals surface area contributed by atoms with Gasteiger partial charge < -0.3 is 14.2 Å². The predicted octanol–water partition coefficient (Wildman–Crippen LogP) is 4.63. The van der Waals surface area contributed by atoms with Crippen LogP contribution in [0.5, 0.6) is 11.5 Å². The Bertz CT molecular complexity index is 770. The molecule has 0 fully saturated rings. The molecule has 25 heavy (non-hydrogen) atoms. The molecule has 132 valence electrons. The summed E-state index contributed by atoms with van der Waals surface area (Å²) in [5, 5.41) is 0. The summed E-state index contributed by atoms with van der Waals surface area (Å²) in [7, 11) is 0. The Labute approximate surface area is 155 Å².